The number of hydrogen-bond donors (Lipinski definition) is 2. The van der Waals surface area contributed by atoms with Gasteiger partial charge in [0.2, 0.25) is 11.8 Å². The molecule has 1 aliphatic carbocycles. The number of hydrogen-bond acceptors (Lipinski definition) is 6. The predicted octanol–water partition coefficient (Wildman–Crippen LogP) is 3.00. The van der Waals surface area contributed by atoms with Gasteiger partial charge in [0, 0.05) is 49.2 Å². The number of carbonyl (C=O) groups excluding carboxylic acids is 2. The third-order valence-corrected chi connectivity index (χ3v) is 7.90. The predicted molar refractivity (Wildman–Crippen MR) is 134 cm³/mol. The molecule has 3 rings (SSSR count). The number of nitrogens with zero attached hydrogens (tertiary/aromatic N) is 2. The van der Waals surface area contributed by atoms with E-state index in [1.54, 1.807) is 0 Å². The molecule has 1 saturated heterocycles. The molecule has 1 aromatic rings. The molecule has 34 heavy (non-hydrogen) atoms. The van der Waals surface area contributed by atoms with Gasteiger partial charge in [-0.1, -0.05) is 25.0 Å². The molecule has 1 heterocycles. The SMILES string of the molecule is N#CCNC(=O)C1CCCCC1CSc1ccc(CCCC(=O)NCCN2CCOCC2)cc1. The maximum Gasteiger partial charge on any atom is 0.224 e. The molecule has 1 aromatic carbocycles. The van der Waals surface area contributed by atoms with Gasteiger partial charge in [-0.15, -0.1) is 11.8 Å². The van der Waals surface area contributed by atoms with Crippen molar-refractivity contribution < 1.29 is 14.3 Å². The van der Waals surface area contributed by atoms with Crippen LogP contribution < -0.4 is 10.6 Å². The van der Waals surface area contributed by atoms with Crippen LogP contribution in [0.3, 0.4) is 0 Å². The molecule has 2 N–H and O–H groups in total. The van der Waals surface area contributed by atoms with Crippen molar-refractivity contribution >= 4 is 23.6 Å². The second kappa shape index (κ2) is 15.0. The molecule has 2 atom stereocenters. The number of nitriles is 1. The minimum absolute atomic E-state index is 0.0221. The summed E-state index contributed by atoms with van der Waals surface area (Å²) in [6.45, 7) is 5.14. The lowest BCUT2D eigenvalue weighted by atomic mass is 9.80. The van der Waals surface area contributed by atoms with E-state index in [0.717, 1.165) is 70.7 Å². The maximum absolute atomic E-state index is 12.4. The van der Waals surface area contributed by atoms with Crippen LogP contribution in [0.1, 0.15) is 44.1 Å². The number of rotatable bonds is 12. The molecule has 2 fully saturated rings. The normalized spacial score (nSPS) is 20.9. The standard InChI is InChI=1S/C26H38N4O3S/c27-12-13-29-26(32)24-6-2-1-5-22(24)20-34-23-10-8-21(9-11-23)4-3-7-25(31)28-14-15-30-16-18-33-19-17-30/h8-11,22,24H,1-7,13-20H2,(H,28,31)(H,29,32). The van der Waals surface area contributed by atoms with Crippen molar-refractivity contribution in [3.8, 4) is 6.07 Å². The molecule has 8 heteroatoms. The van der Waals surface area contributed by atoms with E-state index in [9.17, 15) is 9.59 Å². The van der Waals surface area contributed by atoms with Gasteiger partial charge in [0.1, 0.15) is 6.54 Å². The lowest BCUT2D eigenvalue weighted by Crippen LogP contribution is -2.41. The van der Waals surface area contributed by atoms with Crippen molar-refractivity contribution in [1.82, 2.24) is 15.5 Å². The van der Waals surface area contributed by atoms with Gasteiger partial charge in [-0.05, 0) is 49.3 Å². The number of ether oxygens (including phenoxy) is 1. The smallest absolute Gasteiger partial charge is 0.224 e. The Kier molecular flexibility index (Phi) is 11.7. The van der Waals surface area contributed by atoms with Crippen LogP contribution in [0.2, 0.25) is 0 Å². The summed E-state index contributed by atoms with van der Waals surface area (Å²) in [4.78, 5) is 28.0. The van der Waals surface area contributed by atoms with Crippen LogP contribution in [-0.4, -0.2) is 68.4 Å². The summed E-state index contributed by atoms with van der Waals surface area (Å²) in [7, 11) is 0. The molecule has 7 nitrogen and oxygen atoms in total. The Labute approximate surface area is 208 Å². The van der Waals surface area contributed by atoms with Crippen molar-refractivity contribution in [2.75, 3.05) is 51.7 Å². The molecular weight excluding hydrogens is 448 g/mol. The van der Waals surface area contributed by atoms with Gasteiger partial charge < -0.3 is 15.4 Å². The average Bonchev–Trinajstić information content (AvgIpc) is 2.87. The molecule has 0 aromatic heterocycles. The minimum Gasteiger partial charge on any atom is -0.379 e. The molecular formula is C26H38N4O3S. The highest BCUT2D eigenvalue weighted by atomic mass is 32.2. The first-order valence-corrected chi connectivity index (χ1v) is 13.6. The average molecular weight is 487 g/mol. The summed E-state index contributed by atoms with van der Waals surface area (Å²) in [5.74, 6) is 1.47. The Hall–Kier alpha value is -2.08. The zero-order chi connectivity index (χ0) is 24.0. The quantitative estimate of drug-likeness (QED) is 0.348. The van der Waals surface area contributed by atoms with Crippen LogP contribution in [0.4, 0.5) is 0 Å². The highest BCUT2D eigenvalue weighted by Crippen LogP contribution is 2.34. The summed E-state index contributed by atoms with van der Waals surface area (Å²) in [6, 6.07) is 10.6. The summed E-state index contributed by atoms with van der Waals surface area (Å²) in [5, 5.41) is 14.5. The number of morpholine rings is 1. The Morgan fingerprint density at radius 1 is 1.12 bits per heavy atom. The van der Waals surface area contributed by atoms with Crippen molar-refractivity contribution in [1.29, 1.82) is 5.26 Å². The van der Waals surface area contributed by atoms with Gasteiger partial charge in [0.05, 0.1) is 19.3 Å². The first-order valence-electron chi connectivity index (χ1n) is 12.6. The largest absolute Gasteiger partial charge is 0.379 e. The van der Waals surface area contributed by atoms with E-state index < -0.39 is 0 Å². The van der Waals surface area contributed by atoms with Crippen molar-refractivity contribution in [3.63, 3.8) is 0 Å². The van der Waals surface area contributed by atoms with Crippen molar-refractivity contribution in [3.05, 3.63) is 29.8 Å². The minimum atomic E-state index is 0.0221. The fraction of sp³-hybridized carbons (Fsp3) is 0.654. The van der Waals surface area contributed by atoms with Gasteiger partial charge in [0.25, 0.3) is 0 Å². The summed E-state index contributed by atoms with van der Waals surface area (Å²) >= 11 is 1.81. The van der Waals surface area contributed by atoms with Gasteiger partial charge in [-0.25, -0.2) is 0 Å². The summed E-state index contributed by atoms with van der Waals surface area (Å²) < 4.78 is 5.34. The lowest BCUT2D eigenvalue weighted by molar-refractivity contribution is -0.127. The fourth-order valence-corrected chi connectivity index (χ4v) is 5.82. The molecule has 0 radical (unpaired) electrons. The van der Waals surface area contributed by atoms with Gasteiger partial charge >= 0.3 is 0 Å². The summed E-state index contributed by atoms with van der Waals surface area (Å²) in [5.41, 5.74) is 1.25. The van der Waals surface area contributed by atoms with Crippen LogP contribution in [0.15, 0.2) is 29.2 Å². The number of thioether (sulfide) groups is 1. The molecule has 2 aliphatic rings. The maximum atomic E-state index is 12.4. The summed E-state index contributed by atoms with van der Waals surface area (Å²) in [6.07, 6.45) is 6.55. The zero-order valence-electron chi connectivity index (χ0n) is 20.1. The number of carbonyl (C=O) groups is 2. The van der Waals surface area contributed by atoms with E-state index >= 15 is 0 Å². The Bertz CT molecular complexity index is 805. The van der Waals surface area contributed by atoms with Gasteiger partial charge in [-0.3, -0.25) is 14.5 Å². The molecule has 0 spiro atoms. The fourth-order valence-electron chi connectivity index (χ4n) is 4.69. The zero-order valence-corrected chi connectivity index (χ0v) is 20.9. The third-order valence-electron chi connectivity index (χ3n) is 6.70. The van der Waals surface area contributed by atoms with E-state index in [1.165, 1.54) is 16.9 Å². The Morgan fingerprint density at radius 3 is 2.65 bits per heavy atom. The van der Waals surface area contributed by atoms with Crippen molar-refractivity contribution in [2.24, 2.45) is 11.8 Å². The first kappa shape index (κ1) is 26.5. The first-order chi connectivity index (χ1) is 16.7. The van der Waals surface area contributed by atoms with Crippen LogP contribution in [0.5, 0.6) is 0 Å². The van der Waals surface area contributed by atoms with E-state index in [0.29, 0.717) is 18.9 Å². The number of benzene rings is 1. The Balaban J connectivity index is 1.32. The lowest BCUT2D eigenvalue weighted by Gasteiger charge is -2.30. The van der Waals surface area contributed by atoms with Gasteiger partial charge in [0.15, 0.2) is 0 Å². The number of aryl methyl sites for hydroxylation is 1. The molecule has 1 aliphatic heterocycles. The van der Waals surface area contributed by atoms with Gasteiger partial charge in [-0.2, -0.15) is 5.26 Å². The van der Waals surface area contributed by atoms with E-state index in [-0.39, 0.29) is 24.3 Å². The second-order valence-corrected chi connectivity index (χ2v) is 10.2. The highest BCUT2D eigenvalue weighted by molar-refractivity contribution is 7.99. The van der Waals surface area contributed by atoms with Crippen LogP contribution in [0.25, 0.3) is 0 Å². The number of nitrogens with one attached hydrogen (secondary N) is 2. The highest BCUT2D eigenvalue weighted by Gasteiger charge is 2.30. The second-order valence-electron chi connectivity index (χ2n) is 9.14. The monoisotopic (exact) mass is 486 g/mol. The topological polar surface area (TPSA) is 94.5 Å². The number of amides is 2. The molecule has 2 amide bonds. The van der Waals surface area contributed by atoms with Crippen molar-refractivity contribution in [2.45, 2.75) is 49.8 Å². The third kappa shape index (κ3) is 9.28. The van der Waals surface area contributed by atoms with E-state index in [2.05, 4.69) is 39.8 Å². The molecule has 1 saturated carbocycles. The molecule has 0 bridgehead atoms. The van der Waals surface area contributed by atoms with Crippen LogP contribution in [0, 0.1) is 23.2 Å². The van der Waals surface area contributed by atoms with E-state index in [1.807, 2.05) is 17.8 Å². The van der Waals surface area contributed by atoms with E-state index in [4.69, 9.17) is 10.00 Å². The van der Waals surface area contributed by atoms with Crippen LogP contribution in [-0.2, 0) is 20.7 Å². The molecule has 186 valence electrons. The molecule has 2 unspecified atom stereocenters. The van der Waals surface area contributed by atoms with Crippen LogP contribution >= 0.6 is 11.8 Å². The Morgan fingerprint density at radius 2 is 1.88 bits per heavy atom.